The first-order chi connectivity index (χ1) is 13.2. The number of amides is 1. The predicted octanol–water partition coefficient (Wildman–Crippen LogP) is 3.99. The Morgan fingerprint density at radius 1 is 1.22 bits per heavy atom. The summed E-state index contributed by atoms with van der Waals surface area (Å²) >= 11 is 0. The lowest BCUT2D eigenvalue weighted by atomic mass is 9.97. The van der Waals surface area contributed by atoms with Crippen LogP contribution in [0.3, 0.4) is 0 Å². The van der Waals surface area contributed by atoms with Crippen molar-refractivity contribution in [3.8, 4) is 5.88 Å². The van der Waals surface area contributed by atoms with Gasteiger partial charge in [-0.05, 0) is 63.3 Å². The van der Waals surface area contributed by atoms with E-state index in [1.165, 1.54) is 31.3 Å². The number of fused-ring (bicyclic) bond motifs is 1. The summed E-state index contributed by atoms with van der Waals surface area (Å²) in [6, 6.07) is 7.75. The van der Waals surface area contributed by atoms with Crippen LogP contribution in [0.25, 0.3) is 0 Å². The number of carbonyl (C=O) groups excluding carboxylic acids is 1. The van der Waals surface area contributed by atoms with Crippen molar-refractivity contribution >= 4 is 5.91 Å². The number of pyridine rings is 1. The number of rotatable bonds is 5. The van der Waals surface area contributed by atoms with Gasteiger partial charge >= 0.3 is 0 Å². The Hall–Kier alpha value is -2.56. The number of allylic oxidation sites excluding steroid dienone is 1. The summed E-state index contributed by atoms with van der Waals surface area (Å²) in [4.78, 5) is 19.6. The van der Waals surface area contributed by atoms with Gasteiger partial charge in [-0.3, -0.25) is 4.79 Å². The third-order valence-electron chi connectivity index (χ3n) is 5.39. The van der Waals surface area contributed by atoms with Crippen LogP contribution in [-0.2, 0) is 6.54 Å². The van der Waals surface area contributed by atoms with Crippen molar-refractivity contribution in [1.82, 2.24) is 14.5 Å². The highest BCUT2D eigenvalue weighted by molar-refractivity contribution is 5.96. The number of hydrogen-bond donors (Lipinski definition) is 0. The first-order valence-corrected chi connectivity index (χ1v) is 9.91. The van der Waals surface area contributed by atoms with Crippen LogP contribution in [0, 0.1) is 6.92 Å². The molecule has 2 aromatic heterocycles. The van der Waals surface area contributed by atoms with Gasteiger partial charge in [-0.1, -0.05) is 11.6 Å². The van der Waals surface area contributed by atoms with E-state index in [0.717, 1.165) is 18.7 Å². The Balaban J connectivity index is 1.55. The van der Waals surface area contributed by atoms with Gasteiger partial charge < -0.3 is 14.2 Å². The van der Waals surface area contributed by atoms with Crippen molar-refractivity contribution < 1.29 is 9.53 Å². The van der Waals surface area contributed by atoms with E-state index in [9.17, 15) is 4.79 Å². The minimum absolute atomic E-state index is 0.0314. The van der Waals surface area contributed by atoms with Crippen LogP contribution in [-0.4, -0.2) is 39.6 Å². The van der Waals surface area contributed by atoms with E-state index in [1.807, 2.05) is 48.5 Å². The Kier molecular flexibility index (Phi) is 5.28. The van der Waals surface area contributed by atoms with Crippen molar-refractivity contribution in [2.24, 2.45) is 0 Å². The normalized spacial score (nSPS) is 19.9. The van der Waals surface area contributed by atoms with Crippen LogP contribution in [0.2, 0.25) is 0 Å². The van der Waals surface area contributed by atoms with Gasteiger partial charge in [-0.2, -0.15) is 0 Å². The summed E-state index contributed by atoms with van der Waals surface area (Å²) in [6.07, 6.45) is 12.2. The minimum Gasteiger partial charge on any atom is -0.470 e. The third-order valence-corrected chi connectivity index (χ3v) is 5.39. The average molecular weight is 365 g/mol. The summed E-state index contributed by atoms with van der Waals surface area (Å²) in [5, 5.41) is 0. The van der Waals surface area contributed by atoms with E-state index in [2.05, 4.69) is 15.6 Å². The smallest absolute Gasteiger partial charge is 0.259 e. The summed E-state index contributed by atoms with van der Waals surface area (Å²) in [5.41, 5.74) is 2.93. The van der Waals surface area contributed by atoms with Gasteiger partial charge in [0.25, 0.3) is 5.91 Å². The molecule has 4 rings (SSSR count). The molecular weight excluding hydrogens is 338 g/mol. The SMILES string of the molecule is Cc1ccc2c(n1)OC(Cn1cccc1)CN(CCC1=CCCCC1)C2=O. The van der Waals surface area contributed by atoms with Crippen molar-refractivity contribution in [2.45, 2.75) is 51.7 Å². The molecule has 0 N–H and O–H groups in total. The van der Waals surface area contributed by atoms with Crippen LogP contribution in [0.4, 0.5) is 0 Å². The molecule has 0 saturated heterocycles. The largest absolute Gasteiger partial charge is 0.470 e. The van der Waals surface area contributed by atoms with E-state index >= 15 is 0 Å². The zero-order chi connectivity index (χ0) is 18.6. The zero-order valence-corrected chi connectivity index (χ0v) is 15.9. The summed E-state index contributed by atoms with van der Waals surface area (Å²) in [6.45, 7) is 3.95. The van der Waals surface area contributed by atoms with E-state index in [4.69, 9.17) is 4.74 Å². The van der Waals surface area contributed by atoms with E-state index < -0.39 is 0 Å². The third kappa shape index (κ3) is 4.24. The molecule has 0 bridgehead atoms. The van der Waals surface area contributed by atoms with Crippen LogP contribution >= 0.6 is 0 Å². The van der Waals surface area contributed by atoms with Gasteiger partial charge in [0.15, 0.2) is 0 Å². The molecule has 2 aliphatic rings. The Morgan fingerprint density at radius 2 is 2.07 bits per heavy atom. The quantitative estimate of drug-likeness (QED) is 0.753. The lowest BCUT2D eigenvalue weighted by Crippen LogP contribution is -2.39. The number of aromatic nitrogens is 2. The van der Waals surface area contributed by atoms with Gasteiger partial charge in [0.1, 0.15) is 11.7 Å². The fraction of sp³-hybridized carbons (Fsp3) is 0.455. The fourth-order valence-electron chi connectivity index (χ4n) is 3.90. The molecule has 5 nitrogen and oxygen atoms in total. The standard InChI is InChI=1S/C22H27N3O2/c1-17-9-10-20-21(23-17)27-19(15-24-12-5-6-13-24)16-25(22(20)26)14-11-18-7-3-2-4-8-18/h5-7,9-10,12-13,19H,2-4,8,11,14-16H2,1H3. The van der Waals surface area contributed by atoms with Crippen molar-refractivity contribution in [2.75, 3.05) is 13.1 Å². The Morgan fingerprint density at radius 3 is 2.85 bits per heavy atom. The molecular formula is C22H27N3O2. The van der Waals surface area contributed by atoms with Crippen LogP contribution in [0.5, 0.6) is 5.88 Å². The molecule has 0 saturated carbocycles. The molecule has 142 valence electrons. The lowest BCUT2D eigenvalue weighted by Gasteiger charge is -2.25. The predicted molar refractivity (Wildman–Crippen MR) is 105 cm³/mol. The van der Waals surface area contributed by atoms with Gasteiger partial charge in [-0.25, -0.2) is 4.98 Å². The molecule has 0 aromatic carbocycles. The minimum atomic E-state index is -0.114. The highest BCUT2D eigenvalue weighted by atomic mass is 16.5. The fourth-order valence-corrected chi connectivity index (χ4v) is 3.90. The molecule has 2 aromatic rings. The maximum absolute atomic E-state index is 13.1. The van der Waals surface area contributed by atoms with Crippen LogP contribution in [0.15, 0.2) is 48.3 Å². The molecule has 0 fully saturated rings. The molecule has 1 amide bonds. The molecule has 1 atom stereocenters. The molecule has 1 aliphatic heterocycles. The summed E-state index contributed by atoms with van der Waals surface area (Å²) in [5.74, 6) is 0.500. The van der Waals surface area contributed by atoms with Crippen LogP contribution in [0.1, 0.15) is 48.2 Å². The van der Waals surface area contributed by atoms with Crippen molar-refractivity contribution in [3.05, 3.63) is 59.6 Å². The van der Waals surface area contributed by atoms with E-state index in [1.54, 1.807) is 0 Å². The summed E-state index contributed by atoms with van der Waals surface area (Å²) < 4.78 is 8.29. The molecule has 0 radical (unpaired) electrons. The second-order valence-electron chi connectivity index (χ2n) is 7.53. The monoisotopic (exact) mass is 365 g/mol. The second kappa shape index (κ2) is 7.99. The summed E-state index contributed by atoms with van der Waals surface area (Å²) in [7, 11) is 0. The van der Waals surface area contributed by atoms with Crippen molar-refractivity contribution in [3.63, 3.8) is 0 Å². The van der Waals surface area contributed by atoms with Crippen molar-refractivity contribution in [1.29, 1.82) is 0 Å². The molecule has 5 heteroatoms. The number of ether oxygens (including phenoxy) is 1. The van der Waals surface area contributed by atoms with Crippen LogP contribution < -0.4 is 4.74 Å². The van der Waals surface area contributed by atoms with Gasteiger partial charge in [0.2, 0.25) is 5.88 Å². The zero-order valence-electron chi connectivity index (χ0n) is 15.9. The van der Waals surface area contributed by atoms with Gasteiger partial charge in [0, 0.05) is 24.6 Å². The number of aryl methyl sites for hydroxylation is 1. The maximum Gasteiger partial charge on any atom is 0.259 e. The van der Waals surface area contributed by atoms with Gasteiger partial charge in [0.05, 0.1) is 13.1 Å². The number of nitrogens with zero attached hydrogens (tertiary/aromatic N) is 3. The highest BCUT2D eigenvalue weighted by Gasteiger charge is 2.30. The molecule has 0 spiro atoms. The second-order valence-corrected chi connectivity index (χ2v) is 7.53. The van der Waals surface area contributed by atoms with Gasteiger partial charge in [-0.15, -0.1) is 0 Å². The topological polar surface area (TPSA) is 47.4 Å². The molecule has 27 heavy (non-hydrogen) atoms. The number of carbonyl (C=O) groups is 1. The Labute approximate surface area is 160 Å². The first-order valence-electron chi connectivity index (χ1n) is 9.91. The first kappa shape index (κ1) is 17.8. The molecule has 3 heterocycles. The molecule has 1 unspecified atom stereocenters. The highest BCUT2D eigenvalue weighted by Crippen LogP contribution is 2.26. The van der Waals surface area contributed by atoms with E-state index in [0.29, 0.717) is 24.5 Å². The van der Waals surface area contributed by atoms with E-state index in [-0.39, 0.29) is 12.0 Å². The molecule has 1 aliphatic carbocycles. The average Bonchev–Trinajstić information content (AvgIpc) is 3.14. The maximum atomic E-state index is 13.1. The lowest BCUT2D eigenvalue weighted by molar-refractivity contribution is 0.0696. The Bertz CT molecular complexity index is 826. The number of hydrogen-bond acceptors (Lipinski definition) is 3.